The molecule has 2 rings (SSSR count). The molecule has 0 unspecified atom stereocenters. The summed E-state index contributed by atoms with van der Waals surface area (Å²) in [5, 5.41) is 11.5. The van der Waals surface area contributed by atoms with Crippen LogP contribution < -0.4 is 5.32 Å². The number of aliphatic carboxylic acids is 1. The van der Waals surface area contributed by atoms with Crippen molar-refractivity contribution in [3.05, 3.63) is 22.5 Å². The van der Waals surface area contributed by atoms with Gasteiger partial charge in [-0.3, -0.25) is 0 Å². The van der Waals surface area contributed by atoms with E-state index >= 15 is 0 Å². The predicted octanol–water partition coefficient (Wildman–Crippen LogP) is 0.562. The van der Waals surface area contributed by atoms with Crippen LogP contribution in [0.25, 0.3) is 0 Å². The average molecular weight is 232 g/mol. The van der Waals surface area contributed by atoms with E-state index in [0.29, 0.717) is 0 Å². The van der Waals surface area contributed by atoms with E-state index in [1.807, 2.05) is 0 Å². The van der Waals surface area contributed by atoms with Gasteiger partial charge in [-0.05, 0) is 22.0 Å². The number of hydrogen-bond donors (Lipinski definition) is 2. The molecule has 2 N–H and O–H groups in total. The maximum absolute atomic E-state index is 10.5. The third-order valence-electron chi connectivity index (χ3n) is 1.84. The van der Waals surface area contributed by atoms with Gasteiger partial charge >= 0.3 is 5.97 Å². The van der Waals surface area contributed by atoms with E-state index in [1.165, 1.54) is 0 Å². The van der Waals surface area contributed by atoms with Crippen LogP contribution in [0.15, 0.2) is 22.5 Å². The number of hydrogen-bond acceptors (Lipinski definition) is 3. The Hall–Kier alpha value is -0.970. The molecule has 0 aromatic heterocycles. The quantitative estimate of drug-likeness (QED) is 0.693. The molecule has 2 heterocycles. The predicted molar refractivity (Wildman–Crippen MR) is 44.5 cm³/mol. The Bertz CT molecular complexity index is 297. The first kappa shape index (κ1) is 7.67. The van der Waals surface area contributed by atoms with E-state index < -0.39 is 5.97 Å². The summed E-state index contributed by atoms with van der Waals surface area (Å²) in [6.45, 7) is 0. The highest BCUT2D eigenvalue weighted by Crippen LogP contribution is 2.29. The summed E-state index contributed by atoms with van der Waals surface area (Å²) in [6.07, 6.45) is 2.97. The first-order valence-corrected chi connectivity index (χ1v) is 4.20. The summed E-state index contributed by atoms with van der Waals surface area (Å²) in [6, 6.07) is -0.0592. The molecule has 2 aliphatic heterocycles. The van der Waals surface area contributed by atoms with Crippen molar-refractivity contribution in [2.24, 2.45) is 0 Å². The van der Waals surface area contributed by atoms with Gasteiger partial charge in [-0.25, -0.2) is 4.79 Å². The summed E-state index contributed by atoms with van der Waals surface area (Å²) in [4.78, 5) is 10.5. The third-order valence-corrected chi connectivity index (χ3v) is 2.52. The van der Waals surface area contributed by atoms with Gasteiger partial charge in [-0.15, -0.1) is 0 Å². The number of nitrogens with one attached hydrogen (secondary N) is 1. The van der Waals surface area contributed by atoms with Crippen LogP contribution in [0.1, 0.15) is 0 Å². The fraction of sp³-hybridized carbons (Fsp3) is 0.286. The smallest absolute Gasteiger partial charge is 0.351 e. The summed E-state index contributed by atoms with van der Waals surface area (Å²) in [5.74, 6) is -0.951. The largest absolute Gasteiger partial charge is 0.490 e. The van der Waals surface area contributed by atoms with Gasteiger partial charge in [0, 0.05) is 0 Å². The first-order valence-electron chi connectivity index (χ1n) is 3.41. The Morgan fingerprint density at radius 1 is 1.75 bits per heavy atom. The molecule has 0 aliphatic carbocycles. The lowest BCUT2D eigenvalue weighted by Crippen LogP contribution is -2.30. The van der Waals surface area contributed by atoms with Gasteiger partial charge in [0.1, 0.15) is 17.8 Å². The molecule has 0 aromatic rings. The standard InChI is InChI=1S/C7H6BrNO3/c8-3-2-12-5-1-4(7(10)11)9-6(3)5/h1-2,5-6,9H,(H,10,11)/t5-,6+/m0/s1. The van der Waals surface area contributed by atoms with Crippen LogP contribution in [0.5, 0.6) is 0 Å². The SMILES string of the molecule is O=C(O)C1=C[C@@H]2OC=C(Br)[C@H]2N1. The van der Waals surface area contributed by atoms with E-state index in [2.05, 4.69) is 21.2 Å². The molecule has 4 nitrogen and oxygen atoms in total. The maximum atomic E-state index is 10.5. The lowest BCUT2D eigenvalue weighted by Gasteiger charge is -2.09. The molecule has 2 atom stereocenters. The minimum atomic E-state index is -0.951. The minimum Gasteiger partial charge on any atom is -0.490 e. The molecule has 0 saturated carbocycles. The minimum absolute atomic E-state index is 0.0592. The highest BCUT2D eigenvalue weighted by molar-refractivity contribution is 9.11. The van der Waals surface area contributed by atoms with Gasteiger partial charge in [0.25, 0.3) is 0 Å². The van der Waals surface area contributed by atoms with Crippen molar-refractivity contribution >= 4 is 21.9 Å². The Kier molecular flexibility index (Phi) is 1.61. The molecular formula is C7H6BrNO3. The van der Waals surface area contributed by atoms with Crippen molar-refractivity contribution in [2.75, 3.05) is 0 Å². The number of carboxylic acids is 1. The van der Waals surface area contributed by atoms with E-state index in [0.717, 1.165) is 4.48 Å². The molecule has 0 bridgehead atoms. The zero-order chi connectivity index (χ0) is 8.72. The van der Waals surface area contributed by atoms with Crippen LogP contribution in [0.4, 0.5) is 0 Å². The maximum Gasteiger partial charge on any atom is 0.351 e. The molecule has 0 fully saturated rings. The van der Waals surface area contributed by atoms with Crippen LogP contribution in [-0.4, -0.2) is 23.2 Å². The second-order valence-electron chi connectivity index (χ2n) is 2.61. The van der Waals surface area contributed by atoms with Gasteiger partial charge in [0.2, 0.25) is 0 Å². The molecule has 0 amide bonds. The van der Waals surface area contributed by atoms with Gasteiger partial charge in [0.15, 0.2) is 0 Å². The van der Waals surface area contributed by atoms with Crippen LogP contribution in [0.2, 0.25) is 0 Å². The summed E-state index contributed by atoms with van der Waals surface area (Å²) < 4.78 is 6.01. The molecular weight excluding hydrogens is 226 g/mol. The monoisotopic (exact) mass is 231 g/mol. The molecule has 0 saturated heterocycles. The second kappa shape index (κ2) is 2.52. The number of ether oxygens (including phenoxy) is 1. The zero-order valence-corrected chi connectivity index (χ0v) is 7.54. The van der Waals surface area contributed by atoms with Crippen molar-refractivity contribution in [3.8, 4) is 0 Å². The summed E-state index contributed by atoms with van der Waals surface area (Å²) in [7, 11) is 0. The number of carbonyl (C=O) groups is 1. The average Bonchev–Trinajstić information content (AvgIpc) is 2.53. The third kappa shape index (κ3) is 1.01. The molecule has 2 aliphatic rings. The van der Waals surface area contributed by atoms with Gasteiger partial charge in [0.05, 0.1) is 10.7 Å². The topological polar surface area (TPSA) is 58.6 Å². The number of fused-ring (bicyclic) bond motifs is 1. The van der Waals surface area contributed by atoms with Crippen LogP contribution in [-0.2, 0) is 9.53 Å². The van der Waals surface area contributed by atoms with E-state index in [4.69, 9.17) is 9.84 Å². The van der Waals surface area contributed by atoms with Gasteiger partial charge in [-0.1, -0.05) is 0 Å². The highest BCUT2D eigenvalue weighted by atomic mass is 79.9. The van der Waals surface area contributed by atoms with Crippen LogP contribution >= 0.6 is 15.9 Å². The molecule has 0 radical (unpaired) electrons. The summed E-state index contributed by atoms with van der Waals surface area (Å²) in [5.41, 5.74) is 0.204. The molecule has 0 aromatic carbocycles. The number of rotatable bonds is 1. The van der Waals surface area contributed by atoms with Crippen molar-refractivity contribution in [1.82, 2.24) is 5.32 Å². The fourth-order valence-corrected chi connectivity index (χ4v) is 1.73. The highest BCUT2D eigenvalue weighted by Gasteiger charge is 2.36. The number of carboxylic acid groups (broad SMARTS) is 1. The normalized spacial score (nSPS) is 31.4. The Labute approximate surface area is 77.0 Å². The van der Waals surface area contributed by atoms with E-state index in [1.54, 1.807) is 12.3 Å². The molecule has 12 heavy (non-hydrogen) atoms. The second-order valence-corrected chi connectivity index (χ2v) is 3.53. The van der Waals surface area contributed by atoms with Crippen LogP contribution in [0, 0.1) is 0 Å². The lowest BCUT2D eigenvalue weighted by atomic mass is 10.2. The van der Waals surface area contributed by atoms with Crippen molar-refractivity contribution in [1.29, 1.82) is 0 Å². The van der Waals surface area contributed by atoms with E-state index in [-0.39, 0.29) is 17.8 Å². The van der Waals surface area contributed by atoms with Crippen LogP contribution in [0.3, 0.4) is 0 Å². The van der Waals surface area contributed by atoms with Crippen molar-refractivity contribution < 1.29 is 14.6 Å². The summed E-state index contributed by atoms with van der Waals surface area (Å²) >= 11 is 3.27. The zero-order valence-electron chi connectivity index (χ0n) is 5.95. The Morgan fingerprint density at radius 3 is 3.08 bits per heavy atom. The first-order chi connectivity index (χ1) is 5.68. The molecule has 64 valence electrons. The van der Waals surface area contributed by atoms with Crippen molar-refractivity contribution in [3.63, 3.8) is 0 Å². The van der Waals surface area contributed by atoms with Gasteiger partial charge in [-0.2, -0.15) is 0 Å². The number of halogens is 1. The van der Waals surface area contributed by atoms with E-state index in [9.17, 15) is 4.79 Å². The lowest BCUT2D eigenvalue weighted by molar-refractivity contribution is -0.133. The Balaban J connectivity index is 2.17. The van der Waals surface area contributed by atoms with Crippen molar-refractivity contribution in [2.45, 2.75) is 12.1 Å². The molecule has 0 spiro atoms. The Morgan fingerprint density at radius 2 is 2.50 bits per heavy atom. The van der Waals surface area contributed by atoms with Gasteiger partial charge < -0.3 is 15.2 Å². The fourth-order valence-electron chi connectivity index (χ4n) is 1.25. The molecule has 5 heteroatoms.